The fourth-order valence-electron chi connectivity index (χ4n) is 12.5. The Morgan fingerprint density at radius 1 is 0.224 bits per heavy atom. The van der Waals surface area contributed by atoms with E-state index in [1.165, 1.54) is 0 Å². The van der Waals surface area contributed by atoms with Crippen molar-refractivity contribution in [3.05, 3.63) is 323 Å². The van der Waals surface area contributed by atoms with Crippen LogP contribution < -0.4 is 0 Å². The zero-order valence-electron chi connectivity index (χ0n) is 55.2. The lowest BCUT2D eigenvalue weighted by Gasteiger charge is -2.48. The molecule has 15 atom stereocenters. The van der Waals surface area contributed by atoms with Crippen LogP contribution >= 0.6 is 0 Å². The predicted molar refractivity (Wildman–Crippen MR) is 367 cm³/mol. The highest BCUT2D eigenvalue weighted by molar-refractivity contribution is 5.21. The summed E-state index contributed by atoms with van der Waals surface area (Å²) >= 11 is 0. The molecule has 0 aromatic heterocycles. The minimum absolute atomic E-state index is 0.121. The van der Waals surface area contributed by atoms with Gasteiger partial charge in [0.15, 0.2) is 18.9 Å². The first-order chi connectivity index (χ1) is 48.5. The zero-order valence-corrected chi connectivity index (χ0v) is 55.2. The Bertz CT molecular complexity index is 3400. The summed E-state index contributed by atoms with van der Waals surface area (Å²) in [5.41, 5.74) is 8.42. The van der Waals surface area contributed by atoms with Gasteiger partial charge >= 0.3 is 0 Å². The van der Waals surface area contributed by atoms with E-state index < -0.39 is 98.7 Å². The lowest BCUT2D eigenvalue weighted by molar-refractivity contribution is -0.361. The predicted octanol–water partition coefficient (Wildman–Crippen LogP) is 13.1. The van der Waals surface area contributed by atoms with E-state index in [4.69, 9.17) is 71.1 Å². The third-order valence-corrected chi connectivity index (χ3v) is 17.6. The summed E-state index contributed by atoms with van der Waals surface area (Å²) in [4.78, 5) is 0. The summed E-state index contributed by atoms with van der Waals surface area (Å²) in [7, 11) is 1.60. The van der Waals surface area contributed by atoms with Gasteiger partial charge in [-0.15, -0.1) is 0 Å². The van der Waals surface area contributed by atoms with Crippen LogP contribution in [0.5, 0.6) is 0 Å². The first-order valence-electron chi connectivity index (χ1n) is 33.7. The molecule has 0 spiro atoms. The summed E-state index contributed by atoms with van der Waals surface area (Å²) < 4.78 is 105. The van der Waals surface area contributed by atoms with Gasteiger partial charge in [-0.25, -0.2) is 0 Å². The second-order valence-electron chi connectivity index (χ2n) is 24.6. The molecule has 3 aliphatic heterocycles. The number of aliphatic hydroxyl groups is 1. The largest absolute Gasteiger partial charge is 0.394 e. The normalized spacial score (nSPS) is 25.6. The molecule has 3 aliphatic rings. The SMILES string of the molecule is CO[C@H]1O[C@H](CO[C@H]2O[C@H](CO[C@@H]3O[C@H](CO)[C@@H](OCc4ccccc4)[C@H](OCc4ccccc4)[C@H]3OCc3ccccc3)[C@@H](OCc3ccccc3)[C@H](OCc3ccccc3)[C@H]2OCc2ccccc2)[C@@H](OCc2ccccc2)[C@H](OCc2ccccc2)[C@H]1OCc1ccccc1. The van der Waals surface area contributed by atoms with Crippen LogP contribution in [-0.2, 0) is 131 Å². The second-order valence-corrected chi connectivity index (χ2v) is 24.6. The van der Waals surface area contributed by atoms with Gasteiger partial charge in [0.1, 0.15) is 73.2 Å². The molecule has 9 aromatic carbocycles. The fourth-order valence-corrected chi connectivity index (χ4v) is 12.5. The van der Waals surface area contributed by atoms with Crippen molar-refractivity contribution in [1.29, 1.82) is 0 Å². The maximum atomic E-state index is 11.4. The second kappa shape index (κ2) is 37.5. The first-order valence-corrected chi connectivity index (χ1v) is 33.7. The molecule has 0 unspecified atom stereocenters. The summed E-state index contributed by atoms with van der Waals surface area (Å²) in [6.07, 6.45) is -13.7. The minimum Gasteiger partial charge on any atom is -0.394 e. The summed E-state index contributed by atoms with van der Waals surface area (Å²) in [5, 5.41) is 11.4. The Balaban J connectivity index is 0.909. The number of rotatable bonds is 35. The average molecular weight is 1330 g/mol. The van der Waals surface area contributed by atoms with Gasteiger partial charge in [-0.1, -0.05) is 273 Å². The molecule has 0 aliphatic carbocycles. The number of methoxy groups -OCH3 is 1. The van der Waals surface area contributed by atoms with Crippen LogP contribution in [0.15, 0.2) is 273 Å². The van der Waals surface area contributed by atoms with Gasteiger partial charge in [-0.3, -0.25) is 0 Å². The van der Waals surface area contributed by atoms with Crippen LogP contribution in [0.25, 0.3) is 0 Å². The van der Waals surface area contributed by atoms with E-state index in [1.54, 1.807) is 7.11 Å². The zero-order chi connectivity index (χ0) is 66.8. The van der Waals surface area contributed by atoms with Crippen molar-refractivity contribution >= 4 is 0 Å². The highest BCUT2D eigenvalue weighted by Crippen LogP contribution is 2.37. The molecule has 16 heteroatoms. The molecule has 0 amide bonds. The number of aliphatic hydroxyl groups excluding tert-OH is 1. The summed E-state index contributed by atoms with van der Waals surface area (Å²) in [6.45, 7) is 1.08. The van der Waals surface area contributed by atoms with E-state index in [9.17, 15) is 5.11 Å². The van der Waals surface area contributed by atoms with E-state index in [0.717, 1.165) is 50.1 Å². The Kier molecular flexibility index (Phi) is 26.9. The Labute approximate surface area is 575 Å². The molecular weight excluding hydrogens is 1240 g/mol. The van der Waals surface area contributed by atoms with E-state index in [1.807, 2.05) is 273 Å². The Morgan fingerprint density at radius 3 is 0.633 bits per heavy atom. The van der Waals surface area contributed by atoms with Gasteiger partial charge in [-0.05, 0) is 50.1 Å². The van der Waals surface area contributed by atoms with Crippen molar-refractivity contribution in [3.8, 4) is 0 Å². The van der Waals surface area contributed by atoms with Crippen molar-refractivity contribution in [2.24, 2.45) is 0 Å². The van der Waals surface area contributed by atoms with Crippen LogP contribution in [0.1, 0.15) is 50.1 Å². The molecule has 3 saturated heterocycles. The Morgan fingerprint density at radius 2 is 0.408 bits per heavy atom. The van der Waals surface area contributed by atoms with Gasteiger partial charge in [0.05, 0.1) is 79.3 Å². The molecule has 512 valence electrons. The van der Waals surface area contributed by atoms with E-state index in [2.05, 4.69) is 0 Å². The van der Waals surface area contributed by atoms with Crippen LogP contribution in [0.3, 0.4) is 0 Å². The summed E-state index contributed by atoms with van der Waals surface area (Å²) in [5.74, 6) is 0. The molecule has 98 heavy (non-hydrogen) atoms. The van der Waals surface area contributed by atoms with E-state index in [0.29, 0.717) is 0 Å². The van der Waals surface area contributed by atoms with Crippen molar-refractivity contribution in [3.63, 3.8) is 0 Å². The molecule has 16 nitrogen and oxygen atoms in total. The third-order valence-electron chi connectivity index (χ3n) is 17.6. The topological polar surface area (TPSA) is 159 Å². The van der Waals surface area contributed by atoms with Gasteiger partial charge in [0.2, 0.25) is 0 Å². The summed E-state index contributed by atoms with van der Waals surface area (Å²) in [6, 6.07) is 89.4. The minimum atomic E-state index is -1.19. The number of benzene rings is 9. The van der Waals surface area contributed by atoms with E-state index >= 15 is 0 Å². The first kappa shape index (κ1) is 70.2. The lowest BCUT2D eigenvalue weighted by atomic mass is 9.96. The van der Waals surface area contributed by atoms with Crippen LogP contribution in [0.2, 0.25) is 0 Å². The molecule has 12 rings (SSSR count). The molecule has 0 radical (unpaired) electrons. The van der Waals surface area contributed by atoms with Gasteiger partial charge in [0.25, 0.3) is 0 Å². The monoisotopic (exact) mass is 1330 g/mol. The quantitative estimate of drug-likeness (QED) is 0.0399. The van der Waals surface area contributed by atoms with Gasteiger partial charge in [-0.2, -0.15) is 0 Å². The molecular formula is C82H88O16. The number of hydrogen-bond acceptors (Lipinski definition) is 16. The number of ether oxygens (including phenoxy) is 15. The van der Waals surface area contributed by atoms with Crippen molar-refractivity contribution in [1.82, 2.24) is 0 Å². The van der Waals surface area contributed by atoms with Gasteiger partial charge < -0.3 is 76.2 Å². The molecule has 0 saturated carbocycles. The molecule has 0 bridgehead atoms. The van der Waals surface area contributed by atoms with Crippen LogP contribution in [0.4, 0.5) is 0 Å². The highest BCUT2D eigenvalue weighted by Gasteiger charge is 2.54. The maximum absolute atomic E-state index is 11.4. The third kappa shape index (κ3) is 20.0. The number of hydrogen-bond donors (Lipinski definition) is 1. The van der Waals surface area contributed by atoms with Crippen molar-refractivity contribution in [2.75, 3.05) is 26.9 Å². The highest BCUT2D eigenvalue weighted by atomic mass is 16.8. The lowest BCUT2D eigenvalue weighted by Crippen LogP contribution is -2.64. The maximum Gasteiger partial charge on any atom is 0.187 e. The van der Waals surface area contributed by atoms with Crippen molar-refractivity contribution in [2.45, 2.75) is 152 Å². The van der Waals surface area contributed by atoms with Crippen LogP contribution in [-0.4, -0.2) is 124 Å². The van der Waals surface area contributed by atoms with E-state index in [-0.39, 0.29) is 72.7 Å². The standard InChI is InChI=1S/C82H88O16/c1-84-80-77(91-54-65-41-23-8-24-42-65)75(89-52-63-37-19-6-20-38-63)72(86-49-60-31-13-3-14-32-60)69(97-80)57-95-82-79(93-56-67-45-27-10-28-46-67)76(90-53-64-39-21-7-22-40-64)73(87-50-61-33-15-4-16-34-61)70(98-82)58-94-81-78(92-55-66-43-25-9-26-44-66)74(88-51-62-35-17-5-18-36-62)71(68(47-83)96-81)85-48-59-29-11-2-12-30-59/h2-46,68-83H,47-58H2,1H3/t68-,69-,70-,71-,72-,73-,74+,75+,76+,77-,78-,79-,80+,81-,82+/m1/s1. The molecule has 3 heterocycles. The smallest absolute Gasteiger partial charge is 0.187 e. The molecule has 3 fully saturated rings. The fraction of sp³-hybridized carbons (Fsp3) is 0.341. The van der Waals surface area contributed by atoms with Gasteiger partial charge in [0, 0.05) is 7.11 Å². The molecule has 1 N–H and O–H groups in total. The van der Waals surface area contributed by atoms with Crippen molar-refractivity contribution < 1.29 is 76.2 Å². The van der Waals surface area contributed by atoms with Crippen LogP contribution in [0, 0.1) is 0 Å². The Hall–Kier alpha value is -7.66. The molecule has 9 aromatic rings. The average Bonchev–Trinajstić information content (AvgIpc) is 0.788.